The van der Waals surface area contributed by atoms with Crippen LogP contribution in [0.2, 0.25) is 0 Å². The molecule has 1 heterocycles. The summed E-state index contributed by atoms with van der Waals surface area (Å²) >= 11 is 0. The van der Waals surface area contributed by atoms with E-state index in [4.69, 9.17) is 14.2 Å². The van der Waals surface area contributed by atoms with Gasteiger partial charge in [-0.15, -0.1) is 0 Å². The van der Waals surface area contributed by atoms with Gasteiger partial charge in [0, 0.05) is 18.6 Å². The highest BCUT2D eigenvalue weighted by atomic mass is 16.5. The molecule has 0 saturated carbocycles. The van der Waals surface area contributed by atoms with Crippen molar-refractivity contribution in [3.63, 3.8) is 0 Å². The lowest BCUT2D eigenvalue weighted by molar-refractivity contribution is 0.322. The quantitative estimate of drug-likeness (QED) is 0.870. The van der Waals surface area contributed by atoms with Crippen LogP contribution >= 0.6 is 0 Å². The van der Waals surface area contributed by atoms with E-state index in [9.17, 15) is 0 Å². The predicted molar refractivity (Wildman–Crippen MR) is 83.6 cm³/mol. The molecule has 0 radical (unpaired) electrons. The van der Waals surface area contributed by atoms with Gasteiger partial charge in [-0.3, -0.25) is 0 Å². The van der Waals surface area contributed by atoms with E-state index in [1.807, 2.05) is 12.1 Å². The number of likely N-dealkylation sites (tertiary alicyclic amines) is 1. The molecule has 0 bridgehead atoms. The van der Waals surface area contributed by atoms with Gasteiger partial charge >= 0.3 is 0 Å². The van der Waals surface area contributed by atoms with Crippen LogP contribution in [-0.2, 0) is 0 Å². The van der Waals surface area contributed by atoms with E-state index in [0.717, 1.165) is 18.7 Å². The zero-order valence-corrected chi connectivity index (χ0v) is 13.6. The number of ether oxygens (including phenoxy) is 3. The summed E-state index contributed by atoms with van der Waals surface area (Å²) < 4.78 is 16.2. The fourth-order valence-electron chi connectivity index (χ4n) is 2.87. The molecule has 2 atom stereocenters. The van der Waals surface area contributed by atoms with Crippen molar-refractivity contribution in [1.29, 1.82) is 0 Å². The van der Waals surface area contributed by atoms with Crippen molar-refractivity contribution in [3.8, 4) is 17.2 Å². The number of nitrogens with one attached hydrogen (secondary N) is 1. The van der Waals surface area contributed by atoms with Gasteiger partial charge in [-0.1, -0.05) is 0 Å². The Hall–Kier alpha value is -1.46. The molecule has 1 fully saturated rings. The molecule has 1 aliphatic heterocycles. The molecule has 0 amide bonds. The Morgan fingerprint density at radius 1 is 1.14 bits per heavy atom. The van der Waals surface area contributed by atoms with Crippen molar-refractivity contribution in [2.75, 3.05) is 41.5 Å². The van der Waals surface area contributed by atoms with Crippen molar-refractivity contribution >= 4 is 0 Å². The van der Waals surface area contributed by atoms with E-state index < -0.39 is 0 Å². The van der Waals surface area contributed by atoms with Crippen LogP contribution in [0.5, 0.6) is 17.2 Å². The van der Waals surface area contributed by atoms with Crippen LogP contribution in [0.15, 0.2) is 12.1 Å². The molecule has 118 valence electrons. The number of benzene rings is 1. The fraction of sp³-hybridized carbons (Fsp3) is 0.625. The fourth-order valence-corrected chi connectivity index (χ4v) is 2.87. The zero-order chi connectivity index (χ0) is 15.4. The average molecular weight is 294 g/mol. The Labute approximate surface area is 127 Å². The van der Waals surface area contributed by atoms with Crippen LogP contribution in [0, 0.1) is 0 Å². The van der Waals surface area contributed by atoms with Gasteiger partial charge in [-0.05, 0) is 44.6 Å². The summed E-state index contributed by atoms with van der Waals surface area (Å²) in [6.07, 6.45) is 1.19. The Morgan fingerprint density at radius 3 is 2.19 bits per heavy atom. The minimum atomic E-state index is 0.232. The molecule has 0 aromatic heterocycles. The molecule has 1 saturated heterocycles. The normalized spacial score (nSPS) is 20.3. The van der Waals surface area contributed by atoms with Crippen LogP contribution in [0.4, 0.5) is 0 Å². The van der Waals surface area contributed by atoms with E-state index in [-0.39, 0.29) is 6.04 Å². The lowest BCUT2D eigenvalue weighted by Gasteiger charge is -2.22. The molecule has 5 nitrogen and oxygen atoms in total. The molecule has 5 heteroatoms. The third-order valence-corrected chi connectivity index (χ3v) is 4.06. The predicted octanol–water partition coefficient (Wildman–Crippen LogP) is 2.07. The van der Waals surface area contributed by atoms with Crippen LogP contribution in [0.1, 0.15) is 24.9 Å². The van der Waals surface area contributed by atoms with Gasteiger partial charge in [0.25, 0.3) is 0 Å². The third-order valence-electron chi connectivity index (χ3n) is 4.06. The monoisotopic (exact) mass is 294 g/mol. The van der Waals surface area contributed by atoms with Gasteiger partial charge in [-0.25, -0.2) is 0 Å². The van der Waals surface area contributed by atoms with E-state index in [0.29, 0.717) is 23.3 Å². The van der Waals surface area contributed by atoms with E-state index >= 15 is 0 Å². The van der Waals surface area contributed by atoms with Crippen LogP contribution in [0.3, 0.4) is 0 Å². The smallest absolute Gasteiger partial charge is 0.203 e. The van der Waals surface area contributed by atoms with Gasteiger partial charge in [0.15, 0.2) is 11.5 Å². The van der Waals surface area contributed by atoms with Gasteiger partial charge in [-0.2, -0.15) is 0 Å². The second-order valence-corrected chi connectivity index (χ2v) is 5.59. The van der Waals surface area contributed by atoms with Gasteiger partial charge in [0.1, 0.15) is 0 Å². The summed E-state index contributed by atoms with van der Waals surface area (Å²) in [5.41, 5.74) is 1.14. The standard InChI is InChI=1S/C16H26N2O3/c1-11(17-13-6-7-18(2)10-13)12-8-14(19-3)16(21-5)15(9-12)20-4/h8-9,11,13,17H,6-7,10H2,1-5H3. The van der Waals surface area contributed by atoms with Crippen LogP contribution in [-0.4, -0.2) is 52.4 Å². The van der Waals surface area contributed by atoms with Gasteiger partial charge in [0.2, 0.25) is 5.75 Å². The molecule has 0 spiro atoms. The highest BCUT2D eigenvalue weighted by Crippen LogP contribution is 2.39. The van der Waals surface area contributed by atoms with Crippen molar-refractivity contribution < 1.29 is 14.2 Å². The van der Waals surface area contributed by atoms with Crippen LogP contribution in [0.25, 0.3) is 0 Å². The maximum absolute atomic E-state index is 5.42. The van der Waals surface area contributed by atoms with E-state index in [1.165, 1.54) is 6.42 Å². The first-order chi connectivity index (χ1) is 10.1. The minimum absolute atomic E-state index is 0.232. The highest BCUT2D eigenvalue weighted by molar-refractivity contribution is 5.54. The highest BCUT2D eigenvalue weighted by Gasteiger charge is 2.22. The first-order valence-electron chi connectivity index (χ1n) is 7.33. The Bertz CT molecular complexity index is 454. The Kier molecular flexibility index (Phi) is 5.31. The maximum atomic E-state index is 5.42. The second kappa shape index (κ2) is 7.00. The van der Waals surface area contributed by atoms with Gasteiger partial charge in [0.05, 0.1) is 21.3 Å². The molecule has 1 aliphatic rings. The summed E-state index contributed by atoms with van der Waals surface area (Å²) in [5, 5.41) is 3.67. The molecule has 2 rings (SSSR count). The van der Waals surface area contributed by atoms with Crippen molar-refractivity contribution in [2.24, 2.45) is 0 Å². The number of hydrogen-bond acceptors (Lipinski definition) is 5. The molecule has 0 aliphatic carbocycles. The first kappa shape index (κ1) is 15.9. The van der Waals surface area contributed by atoms with Crippen molar-refractivity contribution in [1.82, 2.24) is 10.2 Å². The number of rotatable bonds is 6. The summed E-state index contributed by atoms with van der Waals surface area (Å²) in [5.74, 6) is 2.03. The van der Waals surface area contributed by atoms with Crippen molar-refractivity contribution in [2.45, 2.75) is 25.4 Å². The number of methoxy groups -OCH3 is 3. The summed E-state index contributed by atoms with van der Waals surface area (Å²) in [6.45, 7) is 4.41. The lowest BCUT2D eigenvalue weighted by atomic mass is 10.1. The van der Waals surface area contributed by atoms with E-state index in [2.05, 4.69) is 24.2 Å². The summed E-state index contributed by atoms with van der Waals surface area (Å²) in [7, 11) is 7.07. The largest absolute Gasteiger partial charge is 0.493 e. The number of nitrogens with zero attached hydrogens (tertiary/aromatic N) is 1. The minimum Gasteiger partial charge on any atom is -0.493 e. The van der Waals surface area contributed by atoms with Crippen LogP contribution < -0.4 is 19.5 Å². The summed E-state index contributed by atoms with van der Waals surface area (Å²) in [6, 6.07) is 4.79. The number of hydrogen-bond donors (Lipinski definition) is 1. The van der Waals surface area contributed by atoms with Gasteiger partial charge < -0.3 is 24.4 Å². The SMILES string of the molecule is COc1cc(C(C)NC2CCN(C)C2)cc(OC)c1OC. The van der Waals surface area contributed by atoms with Crippen molar-refractivity contribution in [3.05, 3.63) is 17.7 Å². The molecule has 1 aromatic carbocycles. The molecular formula is C16H26N2O3. The topological polar surface area (TPSA) is 43.0 Å². The number of likely N-dealkylation sites (N-methyl/N-ethyl adjacent to an activating group) is 1. The third kappa shape index (κ3) is 3.60. The van der Waals surface area contributed by atoms with E-state index in [1.54, 1.807) is 21.3 Å². The average Bonchev–Trinajstić information content (AvgIpc) is 2.90. The Balaban J connectivity index is 2.18. The maximum Gasteiger partial charge on any atom is 0.203 e. The molecule has 21 heavy (non-hydrogen) atoms. The Morgan fingerprint density at radius 2 is 1.76 bits per heavy atom. The molecule has 1 aromatic rings. The zero-order valence-electron chi connectivity index (χ0n) is 13.6. The molecule has 2 unspecified atom stereocenters. The first-order valence-corrected chi connectivity index (χ1v) is 7.33. The molecule has 1 N–H and O–H groups in total. The lowest BCUT2D eigenvalue weighted by Crippen LogP contribution is -2.33. The molecular weight excluding hydrogens is 268 g/mol. The summed E-state index contributed by atoms with van der Waals surface area (Å²) in [4.78, 5) is 2.35. The second-order valence-electron chi connectivity index (χ2n) is 5.59.